The van der Waals surface area contributed by atoms with Crippen LogP contribution in [0.1, 0.15) is 36.7 Å². The second-order valence-corrected chi connectivity index (χ2v) is 4.95. The lowest BCUT2D eigenvalue weighted by molar-refractivity contribution is 0.409. The zero-order chi connectivity index (χ0) is 15.2. The molecule has 3 nitrogen and oxygen atoms in total. The number of halogens is 1. The number of hydrogen-bond acceptors (Lipinski definition) is 3. The summed E-state index contributed by atoms with van der Waals surface area (Å²) in [6, 6.07) is 8.85. The molecule has 0 aliphatic rings. The van der Waals surface area contributed by atoms with Crippen molar-refractivity contribution in [2.75, 3.05) is 7.11 Å². The largest absolute Gasteiger partial charge is 0.497 e. The van der Waals surface area contributed by atoms with Gasteiger partial charge in [0.2, 0.25) is 0 Å². The summed E-state index contributed by atoms with van der Waals surface area (Å²) in [5.74, 6) is 0.271. The maximum Gasteiger partial charge on any atom is 0.131 e. The molecule has 4 heteroatoms. The molecule has 1 N–H and O–H groups in total. The van der Waals surface area contributed by atoms with Crippen LogP contribution < -0.4 is 10.1 Å². The summed E-state index contributed by atoms with van der Waals surface area (Å²) in [6.07, 6.45) is 2.73. The van der Waals surface area contributed by atoms with Crippen LogP contribution in [-0.2, 0) is 13.0 Å². The Kier molecular flexibility index (Phi) is 5.28. The van der Waals surface area contributed by atoms with E-state index in [4.69, 9.17) is 4.74 Å². The molecule has 0 saturated carbocycles. The Morgan fingerprint density at radius 3 is 2.81 bits per heavy atom. The molecule has 1 aromatic heterocycles. The lowest BCUT2D eigenvalue weighted by Crippen LogP contribution is -2.20. The summed E-state index contributed by atoms with van der Waals surface area (Å²) in [4.78, 5) is 4.39. The molecule has 0 saturated heterocycles. The fourth-order valence-electron chi connectivity index (χ4n) is 2.30. The highest BCUT2D eigenvalue weighted by atomic mass is 19.1. The first kappa shape index (κ1) is 15.4. The number of pyridine rings is 1. The second kappa shape index (κ2) is 7.18. The number of nitrogens with one attached hydrogen (secondary N) is 1. The van der Waals surface area contributed by atoms with Crippen molar-refractivity contribution < 1.29 is 9.13 Å². The van der Waals surface area contributed by atoms with Crippen LogP contribution in [0, 0.1) is 5.82 Å². The Bertz CT molecular complexity index is 601. The molecule has 112 valence electrons. The average molecular weight is 288 g/mol. The van der Waals surface area contributed by atoms with Gasteiger partial charge in [0.1, 0.15) is 11.6 Å². The van der Waals surface area contributed by atoms with Crippen LogP contribution in [0.5, 0.6) is 5.75 Å². The Balaban J connectivity index is 2.06. The third-order valence-corrected chi connectivity index (χ3v) is 3.62. The van der Waals surface area contributed by atoms with E-state index in [1.54, 1.807) is 18.3 Å². The van der Waals surface area contributed by atoms with Crippen molar-refractivity contribution in [2.45, 2.75) is 32.9 Å². The van der Waals surface area contributed by atoms with Gasteiger partial charge in [-0.1, -0.05) is 19.1 Å². The van der Waals surface area contributed by atoms with Gasteiger partial charge in [0.15, 0.2) is 0 Å². The van der Waals surface area contributed by atoms with Gasteiger partial charge in [-0.3, -0.25) is 4.98 Å². The van der Waals surface area contributed by atoms with Crippen LogP contribution in [0.15, 0.2) is 36.5 Å². The molecule has 0 aliphatic carbocycles. The fourth-order valence-corrected chi connectivity index (χ4v) is 2.30. The molecular weight excluding hydrogens is 267 g/mol. The van der Waals surface area contributed by atoms with Gasteiger partial charge in [-0.15, -0.1) is 0 Å². The molecule has 2 aromatic rings. The van der Waals surface area contributed by atoms with Crippen LogP contribution in [-0.4, -0.2) is 12.1 Å². The summed E-state index contributed by atoms with van der Waals surface area (Å²) < 4.78 is 19.0. The third-order valence-electron chi connectivity index (χ3n) is 3.62. The highest BCUT2D eigenvalue weighted by Crippen LogP contribution is 2.22. The van der Waals surface area contributed by atoms with Crippen molar-refractivity contribution in [2.24, 2.45) is 0 Å². The maximum atomic E-state index is 14.0. The number of nitrogens with zero attached hydrogens (tertiary/aromatic N) is 1. The predicted octanol–water partition coefficient (Wildman–Crippen LogP) is 3.64. The molecule has 0 amide bonds. The van der Waals surface area contributed by atoms with Gasteiger partial charge in [0.05, 0.1) is 12.8 Å². The highest BCUT2D eigenvalue weighted by Gasteiger charge is 2.12. The van der Waals surface area contributed by atoms with Crippen LogP contribution in [0.4, 0.5) is 4.39 Å². The maximum absolute atomic E-state index is 14.0. The zero-order valence-corrected chi connectivity index (χ0v) is 12.7. The molecule has 2 rings (SSSR count). The van der Waals surface area contributed by atoms with Gasteiger partial charge < -0.3 is 10.1 Å². The van der Waals surface area contributed by atoms with E-state index >= 15 is 0 Å². The molecule has 0 aliphatic heterocycles. The highest BCUT2D eigenvalue weighted by molar-refractivity contribution is 5.30. The number of ether oxygens (including phenoxy) is 1. The number of aromatic nitrogens is 1. The molecule has 1 aromatic carbocycles. The van der Waals surface area contributed by atoms with Gasteiger partial charge in [-0.25, -0.2) is 4.39 Å². The minimum atomic E-state index is -0.258. The fraction of sp³-hybridized carbons (Fsp3) is 0.353. The van der Waals surface area contributed by atoms with Crippen molar-refractivity contribution >= 4 is 0 Å². The van der Waals surface area contributed by atoms with Crippen LogP contribution in [0.2, 0.25) is 0 Å². The Labute approximate surface area is 125 Å². The first-order valence-electron chi connectivity index (χ1n) is 7.15. The van der Waals surface area contributed by atoms with Gasteiger partial charge in [0.25, 0.3) is 0 Å². The number of rotatable bonds is 6. The smallest absolute Gasteiger partial charge is 0.131 e. The molecule has 1 unspecified atom stereocenters. The summed E-state index contributed by atoms with van der Waals surface area (Å²) in [6.45, 7) is 4.67. The van der Waals surface area contributed by atoms with E-state index in [1.807, 2.05) is 13.0 Å². The molecule has 0 radical (unpaired) electrons. The first-order valence-corrected chi connectivity index (χ1v) is 7.15. The summed E-state index contributed by atoms with van der Waals surface area (Å²) in [7, 11) is 1.53. The van der Waals surface area contributed by atoms with Crippen LogP contribution in [0.25, 0.3) is 0 Å². The molecule has 1 heterocycles. The monoisotopic (exact) mass is 288 g/mol. The lowest BCUT2D eigenvalue weighted by Gasteiger charge is -2.16. The van der Waals surface area contributed by atoms with E-state index in [9.17, 15) is 4.39 Å². The minimum absolute atomic E-state index is 0.0948. The van der Waals surface area contributed by atoms with Crippen molar-refractivity contribution in [1.29, 1.82) is 0 Å². The zero-order valence-electron chi connectivity index (χ0n) is 12.7. The van der Waals surface area contributed by atoms with E-state index in [-0.39, 0.29) is 11.9 Å². The number of aryl methyl sites for hydroxylation is 1. The van der Waals surface area contributed by atoms with Crippen molar-refractivity contribution in [3.8, 4) is 5.75 Å². The van der Waals surface area contributed by atoms with E-state index in [1.165, 1.54) is 18.7 Å². The number of benzene rings is 1. The Hall–Kier alpha value is -1.94. The van der Waals surface area contributed by atoms with Gasteiger partial charge in [0, 0.05) is 30.4 Å². The summed E-state index contributed by atoms with van der Waals surface area (Å²) >= 11 is 0. The van der Waals surface area contributed by atoms with E-state index < -0.39 is 0 Å². The predicted molar refractivity (Wildman–Crippen MR) is 81.8 cm³/mol. The normalized spacial score (nSPS) is 12.2. The second-order valence-electron chi connectivity index (χ2n) is 4.95. The molecule has 0 fully saturated rings. The van der Waals surface area contributed by atoms with Crippen LogP contribution >= 0.6 is 0 Å². The van der Waals surface area contributed by atoms with Crippen molar-refractivity contribution in [3.05, 3.63) is 59.2 Å². The standard InChI is InChI=1S/C17H21FN2O/c1-4-13-6-5-9-19-17(13)11-20-12(2)15-8-7-14(21-3)10-16(15)18/h5-10,12,20H,4,11H2,1-3H3. The summed E-state index contributed by atoms with van der Waals surface area (Å²) in [5.41, 5.74) is 2.86. The lowest BCUT2D eigenvalue weighted by atomic mass is 10.1. The van der Waals surface area contributed by atoms with Crippen molar-refractivity contribution in [3.63, 3.8) is 0 Å². The van der Waals surface area contributed by atoms with Crippen molar-refractivity contribution in [1.82, 2.24) is 10.3 Å². The molecule has 0 bridgehead atoms. The minimum Gasteiger partial charge on any atom is -0.497 e. The van der Waals surface area contributed by atoms with Gasteiger partial charge in [-0.2, -0.15) is 0 Å². The quantitative estimate of drug-likeness (QED) is 0.881. The number of hydrogen-bond donors (Lipinski definition) is 1. The Morgan fingerprint density at radius 1 is 1.33 bits per heavy atom. The molecule has 0 spiro atoms. The summed E-state index contributed by atoms with van der Waals surface area (Å²) in [5, 5.41) is 3.32. The van der Waals surface area contributed by atoms with E-state index in [2.05, 4.69) is 23.3 Å². The SMILES string of the molecule is CCc1cccnc1CNC(C)c1ccc(OC)cc1F. The topological polar surface area (TPSA) is 34.2 Å². The Morgan fingerprint density at radius 2 is 2.14 bits per heavy atom. The average Bonchev–Trinajstić information content (AvgIpc) is 2.52. The van der Waals surface area contributed by atoms with E-state index in [0.29, 0.717) is 17.9 Å². The molecule has 21 heavy (non-hydrogen) atoms. The number of methoxy groups -OCH3 is 1. The van der Waals surface area contributed by atoms with E-state index in [0.717, 1.165) is 12.1 Å². The molecular formula is C17H21FN2O. The third kappa shape index (κ3) is 3.79. The first-order chi connectivity index (χ1) is 10.2. The molecule has 1 atom stereocenters. The van der Waals surface area contributed by atoms with Crippen LogP contribution in [0.3, 0.4) is 0 Å². The van der Waals surface area contributed by atoms with Gasteiger partial charge >= 0.3 is 0 Å². The van der Waals surface area contributed by atoms with Gasteiger partial charge in [-0.05, 0) is 31.0 Å².